The highest BCUT2D eigenvalue weighted by Crippen LogP contribution is 2.35. The van der Waals surface area contributed by atoms with Gasteiger partial charge >= 0.3 is 0 Å². The van der Waals surface area contributed by atoms with Gasteiger partial charge in [-0.2, -0.15) is 0 Å². The van der Waals surface area contributed by atoms with Gasteiger partial charge in [-0.1, -0.05) is 0 Å². The molecule has 1 saturated carbocycles. The van der Waals surface area contributed by atoms with E-state index in [1.165, 1.54) is 18.9 Å². The summed E-state index contributed by atoms with van der Waals surface area (Å²) in [4.78, 5) is 27.3. The van der Waals surface area contributed by atoms with Gasteiger partial charge in [-0.3, -0.25) is 14.5 Å². The summed E-state index contributed by atoms with van der Waals surface area (Å²) in [5.41, 5.74) is 1.35. The van der Waals surface area contributed by atoms with Gasteiger partial charge in [0.05, 0.1) is 6.61 Å². The van der Waals surface area contributed by atoms with Crippen LogP contribution in [0, 0.1) is 12.8 Å². The average Bonchev–Trinajstić information content (AvgIpc) is 3.42. The lowest BCUT2D eigenvalue weighted by atomic mass is 10.1. The second-order valence-corrected chi connectivity index (χ2v) is 8.28. The lowest BCUT2D eigenvalue weighted by molar-refractivity contribution is -0.122. The highest BCUT2D eigenvalue weighted by Gasteiger charge is 2.38. The fourth-order valence-corrected chi connectivity index (χ4v) is 4.14. The van der Waals surface area contributed by atoms with Crippen LogP contribution in [0.1, 0.15) is 48.0 Å². The van der Waals surface area contributed by atoms with Crippen LogP contribution < -0.4 is 10.6 Å². The topological polar surface area (TPSA) is 90.9 Å². The van der Waals surface area contributed by atoms with Crippen LogP contribution in [0.3, 0.4) is 0 Å². The van der Waals surface area contributed by atoms with Gasteiger partial charge in [-0.15, -0.1) is 0 Å². The highest BCUT2D eigenvalue weighted by molar-refractivity contribution is 5.95. The number of ether oxygens (including phenoxy) is 1. The minimum Gasteiger partial charge on any atom is -0.508 e. The van der Waals surface area contributed by atoms with E-state index in [4.69, 9.17) is 4.74 Å². The van der Waals surface area contributed by atoms with Gasteiger partial charge in [0, 0.05) is 50.8 Å². The number of amides is 2. The summed E-state index contributed by atoms with van der Waals surface area (Å²) in [6.07, 6.45) is 4.97. The van der Waals surface area contributed by atoms with Gasteiger partial charge in [0.25, 0.3) is 5.91 Å². The molecule has 0 spiro atoms. The smallest absolute Gasteiger partial charge is 0.251 e. The van der Waals surface area contributed by atoms with E-state index in [1.807, 2.05) is 6.92 Å². The maximum atomic E-state index is 12.6. The number of methoxy groups -OCH3 is 1. The minimum atomic E-state index is -0.116. The lowest BCUT2D eigenvalue weighted by Crippen LogP contribution is -2.45. The summed E-state index contributed by atoms with van der Waals surface area (Å²) in [5.74, 6) is 0.841. The van der Waals surface area contributed by atoms with E-state index in [0.717, 1.165) is 30.9 Å². The molecule has 0 unspecified atom stereocenters. The van der Waals surface area contributed by atoms with Crippen LogP contribution in [0.5, 0.6) is 5.75 Å². The molecule has 160 valence electrons. The molecule has 0 aromatic heterocycles. The molecule has 2 amide bonds. The molecule has 1 aromatic rings. The zero-order valence-corrected chi connectivity index (χ0v) is 17.4. The summed E-state index contributed by atoms with van der Waals surface area (Å²) in [5, 5.41) is 15.5. The van der Waals surface area contributed by atoms with Gasteiger partial charge < -0.3 is 20.5 Å². The molecule has 2 fully saturated rings. The number of rotatable bonds is 10. The number of hydrogen-bond acceptors (Lipinski definition) is 5. The van der Waals surface area contributed by atoms with E-state index in [-0.39, 0.29) is 29.6 Å². The van der Waals surface area contributed by atoms with Gasteiger partial charge in [0.2, 0.25) is 5.91 Å². The van der Waals surface area contributed by atoms with E-state index in [1.54, 1.807) is 19.2 Å². The van der Waals surface area contributed by atoms with Crippen molar-refractivity contribution < 1.29 is 19.4 Å². The average molecular weight is 404 g/mol. The first-order valence-electron chi connectivity index (χ1n) is 10.6. The first-order chi connectivity index (χ1) is 14.0. The SMILES string of the molecule is COCCNC(=O)C[C@H]1CC[C@@H](CNC(=O)c2ccc(O)cc2C)N1CC1CC1. The summed E-state index contributed by atoms with van der Waals surface area (Å²) in [6, 6.07) is 5.28. The molecule has 1 aliphatic carbocycles. The number of nitrogens with zero attached hydrogens (tertiary/aromatic N) is 1. The third-order valence-electron chi connectivity index (χ3n) is 5.94. The number of carbonyl (C=O) groups is 2. The predicted octanol–water partition coefficient (Wildman–Crippen LogP) is 1.83. The van der Waals surface area contributed by atoms with E-state index >= 15 is 0 Å². The maximum Gasteiger partial charge on any atom is 0.251 e. The van der Waals surface area contributed by atoms with Crippen LogP contribution in [0.4, 0.5) is 0 Å². The van der Waals surface area contributed by atoms with E-state index in [2.05, 4.69) is 15.5 Å². The second kappa shape index (κ2) is 10.1. The zero-order valence-electron chi connectivity index (χ0n) is 17.4. The largest absolute Gasteiger partial charge is 0.508 e. The van der Waals surface area contributed by atoms with Crippen molar-refractivity contribution in [2.24, 2.45) is 5.92 Å². The highest BCUT2D eigenvalue weighted by atomic mass is 16.5. The molecule has 1 aromatic carbocycles. The van der Waals surface area contributed by atoms with Crippen molar-refractivity contribution in [2.45, 2.75) is 51.1 Å². The molecule has 1 heterocycles. The lowest BCUT2D eigenvalue weighted by Gasteiger charge is -2.30. The Morgan fingerprint density at radius 2 is 1.93 bits per heavy atom. The molecule has 3 N–H and O–H groups in total. The van der Waals surface area contributed by atoms with E-state index in [9.17, 15) is 14.7 Å². The molecule has 3 rings (SSSR count). The van der Waals surface area contributed by atoms with Crippen LogP contribution >= 0.6 is 0 Å². The van der Waals surface area contributed by atoms with Crippen LogP contribution in [-0.2, 0) is 9.53 Å². The van der Waals surface area contributed by atoms with E-state index in [0.29, 0.717) is 31.7 Å². The number of aromatic hydroxyl groups is 1. The number of carbonyl (C=O) groups excluding carboxylic acids is 2. The first kappa shape index (κ1) is 21.6. The van der Waals surface area contributed by atoms with E-state index < -0.39 is 0 Å². The molecule has 1 saturated heterocycles. The number of hydrogen-bond donors (Lipinski definition) is 3. The van der Waals surface area contributed by atoms with Crippen molar-refractivity contribution in [3.8, 4) is 5.75 Å². The van der Waals surface area contributed by atoms with Crippen molar-refractivity contribution >= 4 is 11.8 Å². The normalized spacial score (nSPS) is 21.9. The molecule has 7 heteroatoms. The Bertz CT molecular complexity index is 720. The third kappa shape index (κ3) is 6.18. The molecule has 2 atom stereocenters. The monoisotopic (exact) mass is 403 g/mol. The fourth-order valence-electron chi connectivity index (χ4n) is 4.14. The van der Waals surface area contributed by atoms with Crippen molar-refractivity contribution in [1.29, 1.82) is 0 Å². The molecule has 7 nitrogen and oxygen atoms in total. The Morgan fingerprint density at radius 3 is 2.62 bits per heavy atom. The van der Waals surface area contributed by atoms with Crippen molar-refractivity contribution in [3.05, 3.63) is 29.3 Å². The Balaban J connectivity index is 1.55. The van der Waals surface area contributed by atoms with Crippen LogP contribution in [-0.4, -0.2) is 67.3 Å². The van der Waals surface area contributed by atoms with Crippen LogP contribution in [0.25, 0.3) is 0 Å². The quantitative estimate of drug-likeness (QED) is 0.519. The summed E-state index contributed by atoms with van der Waals surface area (Å²) < 4.78 is 4.99. The summed E-state index contributed by atoms with van der Waals surface area (Å²) >= 11 is 0. The molecular weight excluding hydrogens is 370 g/mol. The van der Waals surface area contributed by atoms with Gasteiger partial charge in [0.1, 0.15) is 5.75 Å². The summed E-state index contributed by atoms with van der Waals surface area (Å²) in [6.45, 7) is 4.47. The number of phenols is 1. The van der Waals surface area contributed by atoms with Crippen LogP contribution in [0.15, 0.2) is 18.2 Å². The van der Waals surface area contributed by atoms with Gasteiger partial charge in [0.15, 0.2) is 0 Å². The molecule has 2 aliphatic rings. The molecule has 0 bridgehead atoms. The van der Waals surface area contributed by atoms with Gasteiger partial charge in [-0.25, -0.2) is 0 Å². The van der Waals surface area contributed by atoms with Gasteiger partial charge in [-0.05, 0) is 62.3 Å². The summed E-state index contributed by atoms with van der Waals surface area (Å²) in [7, 11) is 1.62. The zero-order chi connectivity index (χ0) is 20.8. The molecular formula is C22H33N3O4. The minimum absolute atomic E-state index is 0.0669. The first-order valence-corrected chi connectivity index (χ1v) is 10.6. The number of phenolic OH excluding ortho intramolecular Hbond substituents is 1. The maximum absolute atomic E-state index is 12.6. The third-order valence-corrected chi connectivity index (χ3v) is 5.94. The Labute approximate surface area is 172 Å². The van der Waals surface area contributed by atoms with Crippen LogP contribution in [0.2, 0.25) is 0 Å². The van der Waals surface area contributed by atoms with Crippen molar-refractivity contribution in [1.82, 2.24) is 15.5 Å². The molecule has 1 aliphatic heterocycles. The molecule has 0 radical (unpaired) electrons. The fraction of sp³-hybridized carbons (Fsp3) is 0.636. The number of nitrogens with one attached hydrogen (secondary N) is 2. The second-order valence-electron chi connectivity index (χ2n) is 8.28. The Morgan fingerprint density at radius 1 is 1.17 bits per heavy atom. The van der Waals surface area contributed by atoms with Crippen molar-refractivity contribution in [3.63, 3.8) is 0 Å². The Kier molecular flexibility index (Phi) is 7.50. The number of benzene rings is 1. The van der Waals surface area contributed by atoms with Crippen molar-refractivity contribution in [2.75, 3.05) is 33.4 Å². The standard InChI is InChI=1S/C22H33N3O4/c1-15-11-19(26)7-8-20(15)22(28)24-13-18-6-5-17(25(18)14-16-3-4-16)12-21(27)23-9-10-29-2/h7-8,11,16-18,26H,3-6,9-10,12-14H2,1-2H3,(H,23,27)(H,24,28)/t17-,18+/m1/s1. The predicted molar refractivity (Wildman–Crippen MR) is 111 cm³/mol. The Hall–Kier alpha value is -2.12. The molecule has 29 heavy (non-hydrogen) atoms. The number of aryl methyl sites for hydroxylation is 1. The number of likely N-dealkylation sites (tertiary alicyclic amines) is 1.